The summed E-state index contributed by atoms with van der Waals surface area (Å²) in [6.45, 7) is 6.23. The number of methoxy groups -OCH3 is 1. The first-order chi connectivity index (χ1) is 14.9. The van der Waals surface area contributed by atoms with Gasteiger partial charge in [-0.3, -0.25) is 4.79 Å². The molecule has 0 fully saturated rings. The van der Waals surface area contributed by atoms with Gasteiger partial charge in [0.1, 0.15) is 0 Å². The zero-order valence-electron chi connectivity index (χ0n) is 18.6. The van der Waals surface area contributed by atoms with E-state index in [2.05, 4.69) is 25.2 Å². The van der Waals surface area contributed by atoms with Gasteiger partial charge in [-0.1, -0.05) is 38.1 Å². The molecule has 1 aliphatic rings. The molecule has 1 amide bonds. The Bertz CT molecular complexity index is 924. The Balaban J connectivity index is 1.62. The number of benzene rings is 2. The fourth-order valence-corrected chi connectivity index (χ4v) is 3.65. The van der Waals surface area contributed by atoms with E-state index in [9.17, 15) is 9.59 Å². The van der Waals surface area contributed by atoms with Crippen LogP contribution in [0.25, 0.3) is 0 Å². The minimum absolute atomic E-state index is 0.0592. The van der Waals surface area contributed by atoms with Crippen molar-refractivity contribution in [2.24, 2.45) is 5.92 Å². The molecule has 6 heteroatoms. The van der Waals surface area contributed by atoms with E-state index in [4.69, 9.17) is 14.2 Å². The highest BCUT2D eigenvalue weighted by Gasteiger charge is 2.26. The van der Waals surface area contributed by atoms with Gasteiger partial charge >= 0.3 is 5.97 Å². The Hall–Kier alpha value is -3.02. The average Bonchev–Trinajstić information content (AvgIpc) is 2.77. The molecule has 2 aromatic carbocycles. The van der Waals surface area contributed by atoms with Crippen molar-refractivity contribution in [1.82, 2.24) is 5.32 Å². The van der Waals surface area contributed by atoms with Crippen molar-refractivity contribution in [2.45, 2.75) is 52.2 Å². The summed E-state index contributed by atoms with van der Waals surface area (Å²) in [5.41, 5.74) is 2.70. The first kappa shape index (κ1) is 22.7. The number of carbonyl (C=O) groups is 2. The molecule has 0 bridgehead atoms. The predicted octanol–water partition coefficient (Wildman–Crippen LogP) is 4.47. The van der Waals surface area contributed by atoms with E-state index in [1.165, 1.54) is 12.7 Å². The van der Waals surface area contributed by atoms with Gasteiger partial charge in [0.15, 0.2) is 17.6 Å². The molecule has 6 nitrogen and oxygen atoms in total. The molecule has 0 aliphatic heterocycles. The topological polar surface area (TPSA) is 73.9 Å². The van der Waals surface area contributed by atoms with Crippen LogP contribution in [0.1, 0.15) is 61.1 Å². The molecular weight excluding hydrogens is 394 g/mol. The molecule has 2 aromatic rings. The zero-order valence-corrected chi connectivity index (χ0v) is 18.6. The van der Waals surface area contributed by atoms with Crippen LogP contribution in [0.15, 0.2) is 42.5 Å². The summed E-state index contributed by atoms with van der Waals surface area (Å²) in [5.74, 6) is 0.490. The van der Waals surface area contributed by atoms with E-state index in [1.54, 1.807) is 25.1 Å². The Morgan fingerprint density at radius 1 is 1.10 bits per heavy atom. The van der Waals surface area contributed by atoms with Gasteiger partial charge in [-0.25, -0.2) is 4.79 Å². The lowest BCUT2D eigenvalue weighted by atomic mass is 9.87. The predicted molar refractivity (Wildman–Crippen MR) is 118 cm³/mol. The largest absolute Gasteiger partial charge is 0.493 e. The second kappa shape index (κ2) is 10.3. The number of rotatable bonds is 8. The highest BCUT2D eigenvalue weighted by atomic mass is 16.5. The molecule has 0 radical (unpaired) electrons. The molecule has 1 N–H and O–H groups in total. The van der Waals surface area contributed by atoms with Crippen molar-refractivity contribution in [3.63, 3.8) is 0 Å². The fourth-order valence-electron chi connectivity index (χ4n) is 3.65. The van der Waals surface area contributed by atoms with E-state index in [0.29, 0.717) is 29.6 Å². The van der Waals surface area contributed by atoms with Crippen LogP contribution in [0, 0.1) is 5.92 Å². The maximum absolute atomic E-state index is 12.7. The average molecular weight is 426 g/mol. The van der Waals surface area contributed by atoms with Crippen molar-refractivity contribution in [3.05, 3.63) is 59.2 Å². The lowest BCUT2D eigenvalue weighted by Crippen LogP contribution is -2.39. The fraction of sp³-hybridized carbons (Fsp3) is 0.440. The van der Waals surface area contributed by atoms with Crippen molar-refractivity contribution in [2.75, 3.05) is 13.7 Å². The van der Waals surface area contributed by atoms with Crippen molar-refractivity contribution < 1.29 is 23.8 Å². The van der Waals surface area contributed by atoms with Crippen LogP contribution in [-0.2, 0) is 16.0 Å². The van der Waals surface area contributed by atoms with E-state index in [1.807, 2.05) is 18.2 Å². The molecule has 2 atom stereocenters. The lowest BCUT2D eigenvalue weighted by Gasteiger charge is -2.27. The molecule has 1 aliphatic carbocycles. The van der Waals surface area contributed by atoms with Crippen molar-refractivity contribution in [3.8, 4) is 11.5 Å². The van der Waals surface area contributed by atoms with Gasteiger partial charge in [0, 0.05) is 0 Å². The molecule has 0 saturated carbocycles. The summed E-state index contributed by atoms with van der Waals surface area (Å²) in [7, 11) is 1.52. The minimum atomic E-state index is -0.913. The molecule has 0 unspecified atom stereocenters. The molecule has 0 aromatic heterocycles. The number of nitrogens with one attached hydrogen (secondary N) is 1. The van der Waals surface area contributed by atoms with Crippen LogP contribution in [-0.4, -0.2) is 31.7 Å². The number of hydrogen-bond acceptors (Lipinski definition) is 5. The van der Waals surface area contributed by atoms with Crippen molar-refractivity contribution >= 4 is 11.9 Å². The van der Waals surface area contributed by atoms with Crippen molar-refractivity contribution in [1.29, 1.82) is 0 Å². The van der Waals surface area contributed by atoms with Crippen LogP contribution >= 0.6 is 0 Å². The Morgan fingerprint density at radius 2 is 1.87 bits per heavy atom. The Morgan fingerprint density at radius 3 is 2.61 bits per heavy atom. The summed E-state index contributed by atoms with van der Waals surface area (Å²) < 4.78 is 16.5. The Kier molecular flexibility index (Phi) is 7.55. The summed E-state index contributed by atoms with van der Waals surface area (Å²) in [4.78, 5) is 25.3. The third-order valence-electron chi connectivity index (χ3n) is 5.31. The van der Waals surface area contributed by atoms with Gasteiger partial charge < -0.3 is 19.5 Å². The van der Waals surface area contributed by atoms with Gasteiger partial charge in [-0.15, -0.1) is 0 Å². The molecular formula is C25H31NO5. The first-order valence-electron chi connectivity index (χ1n) is 10.8. The Labute approximate surface area is 183 Å². The summed E-state index contributed by atoms with van der Waals surface area (Å²) >= 11 is 0. The highest BCUT2D eigenvalue weighted by Crippen LogP contribution is 2.30. The van der Waals surface area contributed by atoms with E-state index in [-0.39, 0.29) is 11.9 Å². The number of esters is 1. The highest BCUT2D eigenvalue weighted by molar-refractivity contribution is 5.93. The third-order valence-corrected chi connectivity index (χ3v) is 5.31. The second-order valence-corrected chi connectivity index (χ2v) is 8.27. The van der Waals surface area contributed by atoms with Gasteiger partial charge in [-0.2, -0.15) is 0 Å². The summed E-state index contributed by atoms with van der Waals surface area (Å²) in [6, 6.07) is 12.9. The normalized spacial score (nSPS) is 16.2. The number of ether oxygens (including phenoxy) is 3. The number of amides is 1. The lowest BCUT2D eigenvalue weighted by molar-refractivity contribution is -0.130. The van der Waals surface area contributed by atoms with E-state index < -0.39 is 12.1 Å². The number of hydrogen-bond donors (Lipinski definition) is 1. The number of carbonyl (C=O) groups excluding carboxylic acids is 2. The smallest absolute Gasteiger partial charge is 0.339 e. The molecule has 0 saturated heterocycles. The van der Waals surface area contributed by atoms with Gasteiger partial charge in [0.25, 0.3) is 5.91 Å². The van der Waals surface area contributed by atoms with E-state index >= 15 is 0 Å². The van der Waals surface area contributed by atoms with Crippen LogP contribution in [0.5, 0.6) is 11.5 Å². The third kappa shape index (κ3) is 5.78. The number of aryl methyl sites for hydroxylation is 1. The minimum Gasteiger partial charge on any atom is -0.493 e. The molecule has 166 valence electrons. The monoisotopic (exact) mass is 425 g/mol. The maximum atomic E-state index is 12.7. The second-order valence-electron chi connectivity index (χ2n) is 8.27. The summed E-state index contributed by atoms with van der Waals surface area (Å²) in [5, 5.41) is 3.03. The standard InChI is InChI=1S/C25H31NO5/c1-16(2)15-30-22-13-12-19(14-23(22)29-4)25(28)31-17(3)24(27)26-21-11-7-9-18-8-5-6-10-20(18)21/h5-6,8,10,12-14,16-17,21H,7,9,11,15H2,1-4H3,(H,26,27)/t17-,21-/m0/s1. The molecule has 0 spiro atoms. The maximum Gasteiger partial charge on any atom is 0.339 e. The number of fused-ring (bicyclic) bond motifs is 1. The molecule has 31 heavy (non-hydrogen) atoms. The quantitative estimate of drug-likeness (QED) is 0.632. The van der Waals surface area contributed by atoms with Crippen LogP contribution in [0.4, 0.5) is 0 Å². The molecule has 3 rings (SSSR count). The van der Waals surface area contributed by atoms with Crippen LogP contribution in [0.3, 0.4) is 0 Å². The van der Waals surface area contributed by atoms with Gasteiger partial charge in [-0.05, 0) is 61.4 Å². The zero-order chi connectivity index (χ0) is 22.4. The first-order valence-corrected chi connectivity index (χ1v) is 10.8. The van der Waals surface area contributed by atoms with Crippen LogP contribution in [0.2, 0.25) is 0 Å². The van der Waals surface area contributed by atoms with Gasteiger partial charge in [0.05, 0.1) is 25.3 Å². The van der Waals surface area contributed by atoms with E-state index in [0.717, 1.165) is 24.8 Å². The van der Waals surface area contributed by atoms with Gasteiger partial charge in [0.2, 0.25) is 0 Å². The SMILES string of the molecule is COc1cc(C(=O)O[C@@H](C)C(=O)N[C@H]2CCCc3ccccc32)ccc1OCC(C)C. The van der Waals surface area contributed by atoms with Crippen LogP contribution < -0.4 is 14.8 Å². The summed E-state index contributed by atoms with van der Waals surface area (Å²) in [6.07, 6.45) is 2.00. The molecule has 0 heterocycles.